The highest BCUT2D eigenvalue weighted by atomic mass is 79.9. The highest BCUT2D eigenvalue weighted by Crippen LogP contribution is 2.45. The maximum atomic E-state index is 14.1. The second-order valence-corrected chi connectivity index (χ2v) is 5.74. The first-order chi connectivity index (χ1) is 9.72. The van der Waals surface area contributed by atoms with Crippen LogP contribution in [0.15, 0.2) is 27.2 Å². The van der Waals surface area contributed by atoms with Crippen LogP contribution in [0, 0.1) is 5.82 Å². The van der Waals surface area contributed by atoms with Crippen LogP contribution < -0.4 is 0 Å². The number of hydrogen-bond acceptors (Lipinski definition) is 3. The second kappa shape index (κ2) is 5.66. The quantitative estimate of drug-likeness (QED) is 0.794. The molecule has 0 N–H and O–H groups in total. The molecular weight excluding hydrogens is 325 g/mol. The zero-order chi connectivity index (χ0) is 14.1. The van der Waals surface area contributed by atoms with E-state index in [4.69, 9.17) is 9.26 Å². The van der Waals surface area contributed by atoms with Gasteiger partial charge >= 0.3 is 0 Å². The van der Waals surface area contributed by atoms with E-state index in [1.54, 1.807) is 12.1 Å². The van der Waals surface area contributed by atoms with Gasteiger partial charge in [0, 0.05) is 22.6 Å². The molecule has 0 bridgehead atoms. The third-order valence-electron chi connectivity index (χ3n) is 3.42. The minimum absolute atomic E-state index is 0.312. The predicted molar refractivity (Wildman–Crippen MR) is 76.9 cm³/mol. The summed E-state index contributed by atoms with van der Waals surface area (Å²) in [7, 11) is 0. The molecule has 1 fully saturated rings. The lowest BCUT2D eigenvalue weighted by Crippen LogP contribution is -1.98. The summed E-state index contributed by atoms with van der Waals surface area (Å²) in [6, 6.07) is 4.89. The number of hydrogen-bond donors (Lipinski definition) is 0. The SMILES string of the molecule is CCOCc1c(-c2c(F)cccc2Br)noc1C1CC1. The maximum absolute atomic E-state index is 14.1. The first kappa shape index (κ1) is 13.8. The fraction of sp³-hybridized carbons (Fsp3) is 0.400. The zero-order valence-electron chi connectivity index (χ0n) is 11.2. The highest BCUT2D eigenvalue weighted by Gasteiger charge is 2.33. The van der Waals surface area contributed by atoms with E-state index >= 15 is 0 Å². The van der Waals surface area contributed by atoms with E-state index in [1.807, 2.05) is 6.92 Å². The van der Waals surface area contributed by atoms with Crippen molar-refractivity contribution in [2.24, 2.45) is 0 Å². The summed E-state index contributed by atoms with van der Waals surface area (Å²) in [5, 5.41) is 4.10. The number of aromatic nitrogens is 1. The van der Waals surface area contributed by atoms with Crippen molar-refractivity contribution >= 4 is 15.9 Å². The van der Waals surface area contributed by atoms with Crippen molar-refractivity contribution < 1.29 is 13.7 Å². The van der Waals surface area contributed by atoms with Crippen LogP contribution in [0.3, 0.4) is 0 Å². The Kier molecular flexibility index (Phi) is 3.89. The van der Waals surface area contributed by atoms with Crippen LogP contribution in [0.2, 0.25) is 0 Å². The van der Waals surface area contributed by atoms with Gasteiger partial charge in [-0.3, -0.25) is 0 Å². The molecule has 3 rings (SSSR count). The van der Waals surface area contributed by atoms with Crippen molar-refractivity contribution in [1.29, 1.82) is 0 Å². The summed E-state index contributed by atoms with van der Waals surface area (Å²) in [5.41, 5.74) is 1.86. The van der Waals surface area contributed by atoms with Gasteiger partial charge in [0.05, 0.1) is 12.2 Å². The van der Waals surface area contributed by atoms with Crippen molar-refractivity contribution in [3.63, 3.8) is 0 Å². The van der Waals surface area contributed by atoms with Gasteiger partial charge in [-0.25, -0.2) is 4.39 Å². The molecule has 1 aliphatic rings. The number of nitrogens with zero attached hydrogens (tertiary/aromatic N) is 1. The van der Waals surface area contributed by atoms with E-state index in [1.165, 1.54) is 6.07 Å². The average molecular weight is 340 g/mol. The van der Waals surface area contributed by atoms with E-state index in [-0.39, 0.29) is 5.82 Å². The summed E-state index contributed by atoms with van der Waals surface area (Å²) in [6.07, 6.45) is 2.21. The van der Waals surface area contributed by atoms with E-state index in [9.17, 15) is 4.39 Å². The van der Waals surface area contributed by atoms with Crippen LogP contribution in [0.25, 0.3) is 11.3 Å². The molecule has 0 aliphatic heterocycles. The minimum atomic E-state index is -0.312. The Hall–Kier alpha value is -1.20. The van der Waals surface area contributed by atoms with Gasteiger partial charge in [0.15, 0.2) is 0 Å². The Balaban J connectivity index is 2.08. The normalized spacial score (nSPS) is 14.8. The summed E-state index contributed by atoms with van der Waals surface area (Å²) in [5.74, 6) is 0.952. The molecular formula is C15H15BrFNO2. The molecule has 0 spiro atoms. The third-order valence-corrected chi connectivity index (χ3v) is 4.08. The van der Waals surface area contributed by atoms with Gasteiger partial charge in [-0.2, -0.15) is 0 Å². The largest absolute Gasteiger partial charge is 0.377 e. The first-order valence-electron chi connectivity index (χ1n) is 6.73. The Morgan fingerprint density at radius 3 is 2.90 bits per heavy atom. The summed E-state index contributed by atoms with van der Waals surface area (Å²) >= 11 is 3.39. The van der Waals surface area contributed by atoms with Gasteiger partial charge in [-0.1, -0.05) is 11.2 Å². The van der Waals surface area contributed by atoms with E-state index in [0.29, 0.717) is 34.9 Å². The molecule has 106 valence electrons. The molecule has 0 atom stereocenters. The van der Waals surface area contributed by atoms with E-state index in [0.717, 1.165) is 24.2 Å². The Labute approximate surface area is 125 Å². The van der Waals surface area contributed by atoms with Gasteiger partial charge in [-0.15, -0.1) is 0 Å². The minimum Gasteiger partial charge on any atom is -0.377 e. The van der Waals surface area contributed by atoms with Gasteiger partial charge < -0.3 is 9.26 Å². The maximum Gasteiger partial charge on any atom is 0.145 e. The van der Waals surface area contributed by atoms with Crippen LogP contribution in [0.5, 0.6) is 0 Å². The Morgan fingerprint density at radius 2 is 2.25 bits per heavy atom. The topological polar surface area (TPSA) is 35.3 Å². The van der Waals surface area contributed by atoms with E-state index < -0.39 is 0 Å². The fourth-order valence-electron chi connectivity index (χ4n) is 2.25. The monoisotopic (exact) mass is 339 g/mol. The van der Waals surface area contributed by atoms with Crippen LogP contribution >= 0.6 is 15.9 Å². The molecule has 1 aliphatic carbocycles. The number of benzene rings is 1. The molecule has 0 radical (unpaired) electrons. The standard InChI is InChI=1S/C15H15BrFNO2/c1-2-19-8-10-14(18-20-15(10)9-6-7-9)13-11(16)4-3-5-12(13)17/h3-5,9H,2,6-8H2,1H3. The molecule has 0 amide bonds. The fourth-order valence-corrected chi connectivity index (χ4v) is 2.78. The van der Waals surface area contributed by atoms with Crippen molar-refractivity contribution in [2.45, 2.75) is 32.3 Å². The Morgan fingerprint density at radius 1 is 1.45 bits per heavy atom. The molecule has 0 unspecified atom stereocenters. The van der Waals surface area contributed by atoms with Crippen molar-refractivity contribution in [2.75, 3.05) is 6.61 Å². The van der Waals surface area contributed by atoms with Gasteiger partial charge in [0.25, 0.3) is 0 Å². The Bertz CT molecular complexity index is 602. The lowest BCUT2D eigenvalue weighted by Gasteiger charge is -2.06. The lowest BCUT2D eigenvalue weighted by atomic mass is 10.0. The predicted octanol–water partition coefficient (Wildman–Crippen LogP) is 4.66. The highest BCUT2D eigenvalue weighted by molar-refractivity contribution is 9.10. The van der Waals surface area contributed by atoms with Crippen molar-refractivity contribution in [1.82, 2.24) is 5.16 Å². The molecule has 2 aromatic rings. The molecule has 1 saturated carbocycles. The lowest BCUT2D eigenvalue weighted by molar-refractivity contribution is 0.133. The molecule has 1 heterocycles. The molecule has 3 nitrogen and oxygen atoms in total. The van der Waals surface area contributed by atoms with Crippen LogP contribution in [-0.4, -0.2) is 11.8 Å². The average Bonchev–Trinajstić information content (AvgIpc) is 3.19. The molecule has 20 heavy (non-hydrogen) atoms. The van der Waals surface area contributed by atoms with E-state index in [2.05, 4.69) is 21.1 Å². The van der Waals surface area contributed by atoms with Crippen molar-refractivity contribution in [3.05, 3.63) is 39.8 Å². The molecule has 1 aromatic heterocycles. The molecule has 0 saturated heterocycles. The number of rotatable bonds is 5. The van der Waals surface area contributed by atoms with Gasteiger partial charge in [-0.05, 0) is 47.8 Å². The van der Waals surface area contributed by atoms with Crippen molar-refractivity contribution in [3.8, 4) is 11.3 Å². The van der Waals surface area contributed by atoms with Gasteiger partial charge in [0.2, 0.25) is 0 Å². The molecule has 1 aromatic carbocycles. The number of halogens is 2. The second-order valence-electron chi connectivity index (χ2n) is 4.88. The summed E-state index contributed by atoms with van der Waals surface area (Å²) < 4.78 is 25.7. The smallest absolute Gasteiger partial charge is 0.145 e. The third kappa shape index (κ3) is 2.52. The molecule has 5 heteroatoms. The number of ether oxygens (including phenoxy) is 1. The zero-order valence-corrected chi connectivity index (χ0v) is 12.7. The van der Waals surface area contributed by atoms with Crippen LogP contribution in [0.1, 0.15) is 37.0 Å². The van der Waals surface area contributed by atoms with Gasteiger partial charge in [0.1, 0.15) is 17.3 Å². The van der Waals surface area contributed by atoms with Crippen LogP contribution in [-0.2, 0) is 11.3 Å². The first-order valence-corrected chi connectivity index (χ1v) is 7.52. The summed E-state index contributed by atoms with van der Waals surface area (Å²) in [6.45, 7) is 2.94. The summed E-state index contributed by atoms with van der Waals surface area (Å²) in [4.78, 5) is 0. The van der Waals surface area contributed by atoms with Crippen LogP contribution in [0.4, 0.5) is 4.39 Å².